The highest BCUT2D eigenvalue weighted by Crippen LogP contribution is 2.35. The molecule has 0 saturated heterocycles. The molecular weight excluding hydrogens is 475 g/mol. The van der Waals surface area contributed by atoms with Gasteiger partial charge in [0.1, 0.15) is 0 Å². The molecule has 2 aromatic carbocycles. The second-order valence-corrected chi connectivity index (χ2v) is 7.88. The minimum atomic E-state index is -0.223. The molecular formula is C18H17BrCl2N2O3S. The molecule has 144 valence electrons. The maximum Gasteiger partial charge on any atom is 0.250 e. The number of halogens is 3. The summed E-state index contributed by atoms with van der Waals surface area (Å²) in [5.74, 6) is 1.70. The molecule has 0 spiro atoms. The summed E-state index contributed by atoms with van der Waals surface area (Å²) >= 11 is 17.0. The van der Waals surface area contributed by atoms with Gasteiger partial charge in [-0.3, -0.25) is 4.79 Å². The van der Waals surface area contributed by atoms with Crippen molar-refractivity contribution in [1.29, 1.82) is 0 Å². The summed E-state index contributed by atoms with van der Waals surface area (Å²) in [5, 5.41) is 5.15. The SMILES string of the molecule is COc1cc(/C=N\NC(=O)CSCc2c(Cl)cccc2Cl)cc(Br)c1OC. The van der Waals surface area contributed by atoms with Crippen LogP contribution in [0.25, 0.3) is 0 Å². The van der Waals surface area contributed by atoms with Crippen molar-refractivity contribution in [3.63, 3.8) is 0 Å². The van der Waals surface area contributed by atoms with Crippen LogP contribution in [0.2, 0.25) is 10.0 Å². The summed E-state index contributed by atoms with van der Waals surface area (Å²) in [5.41, 5.74) is 4.05. The first-order valence-electron chi connectivity index (χ1n) is 7.70. The molecule has 0 aromatic heterocycles. The fourth-order valence-electron chi connectivity index (χ4n) is 2.14. The lowest BCUT2D eigenvalue weighted by Gasteiger charge is -2.10. The number of methoxy groups -OCH3 is 2. The van der Waals surface area contributed by atoms with Crippen LogP contribution in [0.4, 0.5) is 0 Å². The third kappa shape index (κ3) is 6.31. The minimum absolute atomic E-state index is 0.223. The summed E-state index contributed by atoms with van der Waals surface area (Å²) < 4.78 is 11.3. The molecule has 0 bridgehead atoms. The zero-order valence-corrected chi connectivity index (χ0v) is 18.5. The third-order valence-electron chi connectivity index (χ3n) is 3.40. The van der Waals surface area contributed by atoms with Crippen LogP contribution in [-0.4, -0.2) is 32.1 Å². The third-order valence-corrected chi connectivity index (χ3v) is 5.66. The largest absolute Gasteiger partial charge is 0.493 e. The quantitative estimate of drug-likeness (QED) is 0.409. The Hall–Kier alpha value is -1.41. The van der Waals surface area contributed by atoms with Gasteiger partial charge in [0.25, 0.3) is 0 Å². The Morgan fingerprint density at radius 2 is 1.96 bits per heavy atom. The van der Waals surface area contributed by atoms with Gasteiger partial charge in [-0.1, -0.05) is 29.3 Å². The van der Waals surface area contributed by atoms with Crippen LogP contribution in [0.5, 0.6) is 11.5 Å². The molecule has 2 aromatic rings. The Bertz CT molecular complexity index is 829. The number of hydrazone groups is 1. The number of rotatable bonds is 8. The van der Waals surface area contributed by atoms with E-state index in [1.165, 1.54) is 18.0 Å². The Morgan fingerprint density at radius 1 is 1.26 bits per heavy atom. The Balaban J connectivity index is 1.87. The van der Waals surface area contributed by atoms with E-state index >= 15 is 0 Å². The van der Waals surface area contributed by atoms with E-state index in [0.29, 0.717) is 27.3 Å². The number of thioether (sulfide) groups is 1. The van der Waals surface area contributed by atoms with E-state index in [0.717, 1.165) is 15.6 Å². The van der Waals surface area contributed by atoms with E-state index in [1.807, 2.05) is 6.07 Å². The maximum atomic E-state index is 11.9. The monoisotopic (exact) mass is 490 g/mol. The Morgan fingerprint density at radius 3 is 2.59 bits per heavy atom. The van der Waals surface area contributed by atoms with Crippen molar-refractivity contribution in [3.8, 4) is 11.5 Å². The average Bonchev–Trinajstić information content (AvgIpc) is 2.63. The first-order valence-corrected chi connectivity index (χ1v) is 10.4. The van der Waals surface area contributed by atoms with Gasteiger partial charge in [-0.15, -0.1) is 11.8 Å². The molecule has 0 atom stereocenters. The first-order chi connectivity index (χ1) is 13.0. The molecule has 27 heavy (non-hydrogen) atoms. The van der Waals surface area contributed by atoms with Crippen LogP contribution < -0.4 is 14.9 Å². The molecule has 0 heterocycles. The van der Waals surface area contributed by atoms with E-state index in [9.17, 15) is 4.79 Å². The molecule has 0 aliphatic rings. The number of nitrogens with one attached hydrogen (secondary N) is 1. The van der Waals surface area contributed by atoms with Gasteiger partial charge in [0.15, 0.2) is 11.5 Å². The summed E-state index contributed by atoms with van der Waals surface area (Å²) in [4.78, 5) is 11.9. The van der Waals surface area contributed by atoms with Crippen LogP contribution in [0.3, 0.4) is 0 Å². The zero-order valence-electron chi connectivity index (χ0n) is 14.6. The molecule has 0 fully saturated rings. The van der Waals surface area contributed by atoms with Gasteiger partial charge in [0.05, 0.1) is 30.7 Å². The highest BCUT2D eigenvalue weighted by Gasteiger charge is 2.10. The van der Waals surface area contributed by atoms with Crippen molar-refractivity contribution < 1.29 is 14.3 Å². The maximum absolute atomic E-state index is 11.9. The predicted octanol–water partition coefficient (Wildman–Crippen LogP) is 5.16. The van der Waals surface area contributed by atoms with Gasteiger partial charge in [-0.2, -0.15) is 5.10 Å². The molecule has 2 rings (SSSR count). The number of benzene rings is 2. The van der Waals surface area contributed by atoms with Crippen LogP contribution in [0.1, 0.15) is 11.1 Å². The minimum Gasteiger partial charge on any atom is -0.493 e. The Labute approximate surface area is 180 Å². The van der Waals surface area contributed by atoms with Crippen LogP contribution in [0.15, 0.2) is 39.9 Å². The highest BCUT2D eigenvalue weighted by atomic mass is 79.9. The van der Waals surface area contributed by atoms with Crippen LogP contribution in [-0.2, 0) is 10.5 Å². The normalized spacial score (nSPS) is 10.9. The topological polar surface area (TPSA) is 59.9 Å². The van der Waals surface area contributed by atoms with Crippen molar-refractivity contribution in [3.05, 3.63) is 56.0 Å². The van der Waals surface area contributed by atoms with Gasteiger partial charge in [0, 0.05) is 15.8 Å². The predicted molar refractivity (Wildman–Crippen MR) is 116 cm³/mol. The van der Waals surface area contributed by atoms with Gasteiger partial charge >= 0.3 is 0 Å². The molecule has 1 N–H and O–H groups in total. The van der Waals surface area contributed by atoms with E-state index in [1.54, 1.807) is 38.5 Å². The van der Waals surface area contributed by atoms with Gasteiger partial charge in [-0.05, 0) is 51.3 Å². The molecule has 5 nitrogen and oxygen atoms in total. The first kappa shape index (κ1) is 21.9. The number of carbonyl (C=O) groups is 1. The molecule has 0 saturated carbocycles. The summed E-state index contributed by atoms with van der Waals surface area (Å²) in [7, 11) is 3.11. The molecule has 1 amide bonds. The van der Waals surface area contributed by atoms with Crippen molar-refractivity contribution in [2.24, 2.45) is 5.10 Å². The number of hydrogen-bond donors (Lipinski definition) is 1. The fraction of sp³-hybridized carbons (Fsp3) is 0.222. The molecule has 0 radical (unpaired) electrons. The molecule has 0 aliphatic carbocycles. The van der Waals surface area contributed by atoms with Crippen LogP contribution >= 0.6 is 50.9 Å². The lowest BCUT2D eigenvalue weighted by molar-refractivity contribution is -0.118. The van der Waals surface area contributed by atoms with Gasteiger partial charge in [0.2, 0.25) is 5.91 Å². The number of nitrogens with zero attached hydrogens (tertiary/aromatic N) is 1. The van der Waals surface area contributed by atoms with E-state index in [4.69, 9.17) is 32.7 Å². The smallest absolute Gasteiger partial charge is 0.250 e. The van der Waals surface area contributed by atoms with E-state index in [2.05, 4.69) is 26.5 Å². The van der Waals surface area contributed by atoms with Gasteiger partial charge < -0.3 is 9.47 Å². The standard InChI is InChI=1S/C18H17BrCl2N2O3S/c1-25-16-7-11(6-13(19)18(16)26-2)8-22-23-17(24)10-27-9-12-14(20)4-3-5-15(12)21/h3-8H,9-10H2,1-2H3,(H,23,24)/b22-8-. The van der Waals surface area contributed by atoms with Gasteiger partial charge in [-0.25, -0.2) is 5.43 Å². The van der Waals surface area contributed by atoms with Crippen molar-refractivity contribution in [1.82, 2.24) is 5.43 Å². The Kier molecular flexibility index (Phi) is 8.76. The van der Waals surface area contributed by atoms with Crippen molar-refractivity contribution in [2.45, 2.75) is 5.75 Å². The number of amides is 1. The summed E-state index contributed by atoms with van der Waals surface area (Å²) in [6, 6.07) is 8.90. The van der Waals surface area contributed by atoms with Crippen LogP contribution in [0, 0.1) is 0 Å². The average molecular weight is 492 g/mol. The zero-order chi connectivity index (χ0) is 19.8. The second-order valence-electron chi connectivity index (χ2n) is 5.22. The molecule has 0 aliphatic heterocycles. The van der Waals surface area contributed by atoms with E-state index in [-0.39, 0.29) is 11.7 Å². The summed E-state index contributed by atoms with van der Waals surface area (Å²) in [6.07, 6.45) is 1.53. The lowest BCUT2D eigenvalue weighted by Crippen LogP contribution is -2.19. The summed E-state index contributed by atoms with van der Waals surface area (Å²) in [6.45, 7) is 0. The number of hydrogen-bond acceptors (Lipinski definition) is 5. The number of carbonyl (C=O) groups excluding carboxylic acids is 1. The lowest BCUT2D eigenvalue weighted by atomic mass is 10.2. The van der Waals surface area contributed by atoms with Crippen molar-refractivity contribution >= 4 is 63.0 Å². The molecule has 0 unspecified atom stereocenters. The number of ether oxygens (including phenoxy) is 2. The molecule has 9 heteroatoms. The van der Waals surface area contributed by atoms with Crippen molar-refractivity contribution in [2.75, 3.05) is 20.0 Å². The second kappa shape index (κ2) is 10.8. The highest BCUT2D eigenvalue weighted by molar-refractivity contribution is 9.10. The van der Waals surface area contributed by atoms with E-state index < -0.39 is 0 Å². The fourth-order valence-corrected chi connectivity index (χ4v) is 4.32.